The molecule has 1 atom stereocenters. The molecule has 1 heterocycles. The van der Waals surface area contributed by atoms with Gasteiger partial charge in [-0.15, -0.1) is 0 Å². The summed E-state index contributed by atoms with van der Waals surface area (Å²) in [5.41, 5.74) is 4.03. The molecule has 1 saturated heterocycles. The van der Waals surface area contributed by atoms with Crippen LogP contribution in [0.25, 0.3) is 0 Å². The average Bonchev–Trinajstić information content (AvgIpc) is 2.49. The Hall–Kier alpha value is -1.02. The monoisotopic (exact) mass is 232 g/mol. The summed E-state index contributed by atoms with van der Waals surface area (Å²) in [4.78, 5) is 2.43. The first-order valence-corrected chi connectivity index (χ1v) is 6.67. The molecule has 0 aromatic heterocycles. The van der Waals surface area contributed by atoms with E-state index < -0.39 is 0 Å². The Bertz CT molecular complexity index is 373. The first-order valence-electron chi connectivity index (χ1n) is 6.67. The van der Waals surface area contributed by atoms with Crippen molar-refractivity contribution >= 4 is 5.69 Å². The zero-order chi connectivity index (χ0) is 12.3. The molecule has 0 aliphatic carbocycles. The van der Waals surface area contributed by atoms with Crippen molar-refractivity contribution < 1.29 is 0 Å². The van der Waals surface area contributed by atoms with Gasteiger partial charge in [0.2, 0.25) is 0 Å². The van der Waals surface area contributed by atoms with Gasteiger partial charge in [0.15, 0.2) is 0 Å². The van der Waals surface area contributed by atoms with Crippen LogP contribution < -0.4 is 5.32 Å². The van der Waals surface area contributed by atoms with Gasteiger partial charge in [0.05, 0.1) is 0 Å². The third-order valence-electron chi connectivity index (χ3n) is 3.83. The molecule has 0 bridgehead atoms. The molecule has 1 aliphatic rings. The van der Waals surface area contributed by atoms with Crippen molar-refractivity contribution in [2.24, 2.45) is 0 Å². The van der Waals surface area contributed by atoms with Crippen LogP contribution >= 0.6 is 0 Å². The normalized spacial score (nSPS) is 22.2. The second-order valence-electron chi connectivity index (χ2n) is 5.37. The van der Waals surface area contributed by atoms with E-state index in [4.69, 9.17) is 0 Å². The van der Waals surface area contributed by atoms with Crippen LogP contribution in [0.3, 0.4) is 0 Å². The van der Waals surface area contributed by atoms with Crippen LogP contribution in [0.2, 0.25) is 0 Å². The fourth-order valence-electron chi connectivity index (χ4n) is 2.45. The molecule has 1 N–H and O–H groups in total. The Morgan fingerprint density at radius 1 is 1.12 bits per heavy atom. The summed E-state index contributed by atoms with van der Waals surface area (Å²) < 4.78 is 0. The number of benzene rings is 1. The second-order valence-corrected chi connectivity index (χ2v) is 5.37. The molecule has 0 spiro atoms. The van der Waals surface area contributed by atoms with Crippen molar-refractivity contribution in [2.45, 2.75) is 39.2 Å². The van der Waals surface area contributed by atoms with Gasteiger partial charge in [-0.2, -0.15) is 0 Å². The van der Waals surface area contributed by atoms with Gasteiger partial charge in [-0.3, -0.25) is 0 Å². The highest BCUT2D eigenvalue weighted by Gasteiger charge is 2.14. The van der Waals surface area contributed by atoms with Gasteiger partial charge >= 0.3 is 0 Å². The largest absolute Gasteiger partial charge is 0.382 e. The minimum atomic E-state index is 0.641. The number of nitrogens with zero attached hydrogens (tertiary/aromatic N) is 1. The lowest BCUT2D eigenvalue weighted by molar-refractivity contribution is 0.348. The van der Waals surface area contributed by atoms with Crippen molar-refractivity contribution in [1.82, 2.24) is 4.90 Å². The number of rotatable bonds is 2. The molecule has 2 rings (SSSR count). The molecule has 94 valence electrons. The van der Waals surface area contributed by atoms with Crippen LogP contribution in [-0.2, 0) is 0 Å². The number of anilines is 1. The lowest BCUT2D eigenvalue weighted by atomic mass is 10.1. The van der Waals surface area contributed by atoms with Gasteiger partial charge in [0.1, 0.15) is 0 Å². The van der Waals surface area contributed by atoms with Crippen molar-refractivity contribution in [2.75, 3.05) is 25.5 Å². The highest BCUT2D eigenvalue weighted by atomic mass is 15.1. The second kappa shape index (κ2) is 5.54. The van der Waals surface area contributed by atoms with E-state index in [1.54, 1.807) is 0 Å². The standard InChI is InChI=1S/C15H24N2/c1-12-6-7-15(11-13(12)2)16-14-5-4-9-17(3)10-8-14/h6-7,11,14,16H,4-5,8-10H2,1-3H3. The zero-order valence-corrected chi connectivity index (χ0v) is 11.3. The Morgan fingerprint density at radius 3 is 2.71 bits per heavy atom. The smallest absolute Gasteiger partial charge is 0.0345 e. The maximum atomic E-state index is 3.68. The summed E-state index contributed by atoms with van der Waals surface area (Å²) >= 11 is 0. The Balaban J connectivity index is 1.97. The quantitative estimate of drug-likeness (QED) is 0.842. The van der Waals surface area contributed by atoms with E-state index in [0.717, 1.165) is 0 Å². The molecular formula is C15H24N2. The third-order valence-corrected chi connectivity index (χ3v) is 3.83. The van der Waals surface area contributed by atoms with Crippen LogP contribution in [0.4, 0.5) is 5.69 Å². The zero-order valence-electron chi connectivity index (χ0n) is 11.3. The van der Waals surface area contributed by atoms with Crippen LogP contribution in [0, 0.1) is 13.8 Å². The molecule has 1 aromatic carbocycles. The third kappa shape index (κ3) is 3.47. The summed E-state index contributed by atoms with van der Waals surface area (Å²) in [7, 11) is 2.22. The predicted molar refractivity (Wildman–Crippen MR) is 74.7 cm³/mol. The molecule has 2 nitrogen and oxygen atoms in total. The molecule has 1 fully saturated rings. The Morgan fingerprint density at radius 2 is 1.94 bits per heavy atom. The van der Waals surface area contributed by atoms with Gasteiger partial charge in [-0.25, -0.2) is 0 Å². The molecule has 2 heteroatoms. The molecule has 0 amide bonds. The molecule has 17 heavy (non-hydrogen) atoms. The van der Waals surface area contributed by atoms with E-state index >= 15 is 0 Å². The first kappa shape index (κ1) is 12.4. The number of likely N-dealkylation sites (tertiary alicyclic amines) is 1. The fourth-order valence-corrected chi connectivity index (χ4v) is 2.45. The summed E-state index contributed by atoms with van der Waals surface area (Å²) in [6, 6.07) is 7.32. The van der Waals surface area contributed by atoms with Crippen molar-refractivity contribution in [3.8, 4) is 0 Å². The van der Waals surface area contributed by atoms with Gasteiger partial charge in [-0.05, 0) is 76.5 Å². The minimum Gasteiger partial charge on any atom is -0.382 e. The molecule has 1 unspecified atom stereocenters. The van der Waals surface area contributed by atoms with E-state index in [1.807, 2.05) is 0 Å². The highest BCUT2D eigenvalue weighted by molar-refractivity contribution is 5.48. The molecular weight excluding hydrogens is 208 g/mol. The molecule has 0 radical (unpaired) electrons. The molecule has 0 saturated carbocycles. The predicted octanol–water partition coefficient (Wildman–Crippen LogP) is 3.20. The van der Waals surface area contributed by atoms with Gasteiger partial charge < -0.3 is 10.2 Å². The van der Waals surface area contributed by atoms with E-state index in [-0.39, 0.29) is 0 Å². The highest BCUT2D eigenvalue weighted by Crippen LogP contribution is 2.19. The fraction of sp³-hybridized carbons (Fsp3) is 0.600. The lowest BCUT2D eigenvalue weighted by Crippen LogP contribution is -2.23. The van der Waals surface area contributed by atoms with Crippen LogP contribution in [0.15, 0.2) is 18.2 Å². The topological polar surface area (TPSA) is 15.3 Å². The van der Waals surface area contributed by atoms with Crippen molar-refractivity contribution in [1.29, 1.82) is 0 Å². The summed E-state index contributed by atoms with van der Waals surface area (Å²) in [6.45, 7) is 6.80. The number of nitrogens with one attached hydrogen (secondary N) is 1. The minimum absolute atomic E-state index is 0.641. The first-order chi connectivity index (χ1) is 8.15. The Labute approximate surface area is 105 Å². The summed E-state index contributed by atoms with van der Waals surface area (Å²) in [6.07, 6.45) is 3.85. The average molecular weight is 232 g/mol. The van der Waals surface area contributed by atoms with Gasteiger partial charge in [0, 0.05) is 11.7 Å². The van der Waals surface area contributed by atoms with Crippen LogP contribution in [0.1, 0.15) is 30.4 Å². The van der Waals surface area contributed by atoms with Crippen LogP contribution in [0.5, 0.6) is 0 Å². The van der Waals surface area contributed by atoms with Crippen LogP contribution in [-0.4, -0.2) is 31.1 Å². The lowest BCUT2D eigenvalue weighted by Gasteiger charge is -2.18. The van der Waals surface area contributed by atoms with Crippen molar-refractivity contribution in [3.63, 3.8) is 0 Å². The number of aryl methyl sites for hydroxylation is 2. The summed E-state index contributed by atoms with van der Waals surface area (Å²) in [5.74, 6) is 0. The molecule has 1 aliphatic heterocycles. The van der Waals surface area contributed by atoms with Gasteiger partial charge in [-0.1, -0.05) is 6.07 Å². The number of hydrogen-bond donors (Lipinski definition) is 1. The molecule has 1 aromatic rings. The van der Waals surface area contributed by atoms with E-state index in [1.165, 1.54) is 49.2 Å². The van der Waals surface area contributed by atoms with Crippen molar-refractivity contribution in [3.05, 3.63) is 29.3 Å². The number of hydrogen-bond acceptors (Lipinski definition) is 2. The van der Waals surface area contributed by atoms with E-state index in [0.29, 0.717) is 6.04 Å². The maximum absolute atomic E-state index is 3.68. The summed E-state index contributed by atoms with van der Waals surface area (Å²) in [5, 5.41) is 3.68. The van der Waals surface area contributed by atoms with Gasteiger partial charge in [0.25, 0.3) is 0 Å². The van der Waals surface area contributed by atoms with E-state index in [9.17, 15) is 0 Å². The van der Waals surface area contributed by atoms with E-state index in [2.05, 4.69) is 49.3 Å². The SMILES string of the molecule is Cc1ccc(NC2CCCN(C)CC2)cc1C. The Kier molecular flexibility index (Phi) is 4.06. The maximum Gasteiger partial charge on any atom is 0.0345 e.